The topological polar surface area (TPSA) is 64.0 Å². The first-order chi connectivity index (χ1) is 11.6. The smallest absolute Gasteiger partial charge is 0.333 e. The Hall–Kier alpha value is -2.08. The Morgan fingerprint density at radius 3 is 2.67 bits per heavy atom. The van der Waals surface area contributed by atoms with Crippen LogP contribution in [0.1, 0.15) is 24.8 Å². The minimum absolute atomic E-state index is 0.127. The molecule has 0 amide bonds. The van der Waals surface area contributed by atoms with Crippen LogP contribution in [0.25, 0.3) is 0 Å². The monoisotopic (exact) mass is 332 g/mol. The van der Waals surface area contributed by atoms with Gasteiger partial charge in [-0.25, -0.2) is 9.18 Å². The number of halogens is 1. The van der Waals surface area contributed by atoms with E-state index in [0.29, 0.717) is 23.8 Å². The molecule has 1 saturated carbocycles. The van der Waals surface area contributed by atoms with Gasteiger partial charge in [0.2, 0.25) is 0 Å². The molecule has 1 unspecified atom stereocenters. The molecule has 1 aromatic carbocycles. The molecule has 2 fully saturated rings. The lowest BCUT2D eigenvalue weighted by molar-refractivity contribution is -0.132. The molecule has 24 heavy (non-hydrogen) atoms. The van der Waals surface area contributed by atoms with Crippen LogP contribution < -0.4 is 9.80 Å². The standard InChI is InChI=1S/C18H21FN2O3/c19-15-6-12-5-13(18(23)24)9-21(14-1-2-14)16(12)7-17(15)20-4-3-11(8-20)10-22/h6-7,9,11,14,22H,1-5,8,10H2,(H,23,24). The molecule has 128 valence electrons. The number of carbonyl (C=O) groups is 1. The fourth-order valence-corrected chi connectivity index (χ4v) is 3.69. The molecule has 1 aliphatic carbocycles. The highest BCUT2D eigenvalue weighted by molar-refractivity contribution is 5.90. The van der Waals surface area contributed by atoms with Crippen molar-refractivity contribution in [3.63, 3.8) is 0 Å². The summed E-state index contributed by atoms with van der Waals surface area (Å²) in [5.74, 6) is -1.06. The number of benzene rings is 1. The summed E-state index contributed by atoms with van der Waals surface area (Å²) in [6.45, 7) is 1.52. The number of aliphatic hydroxyl groups excluding tert-OH is 1. The zero-order valence-corrected chi connectivity index (χ0v) is 13.4. The van der Waals surface area contributed by atoms with E-state index in [1.54, 1.807) is 6.20 Å². The Morgan fingerprint density at radius 1 is 1.25 bits per heavy atom. The third-order valence-electron chi connectivity index (χ3n) is 5.20. The molecule has 2 heterocycles. The molecule has 0 radical (unpaired) electrons. The maximum Gasteiger partial charge on any atom is 0.333 e. The quantitative estimate of drug-likeness (QED) is 0.884. The van der Waals surface area contributed by atoms with Gasteiger partial charge in [0.05, 0.1) is 11.3 Å². The largest absolute Gasteiger partial charge is 0.478 e. The van der Waals surface area contributed by atoms with E-state index in [1.807, 2.05) is 15.9 Å². The van der Waals surface area contributed by atoms with Crippen LogP contribution in [0.5, 0.6) is 0 Å². The summed E-state index contributed by atoms with van der Waals surface area (Å²) in [4.78, 5) is 15.4. The van der Waals surface area contributed by atoms with Crippen molar-refractivity contribution in [1.82, 2.24) is 0 Å². The molecule has 1 atom stereocenters. The molecule has 4 rings (SSSR count). The Kier molecular flexibility index (Phi) is 3.72. The van der Waals surface area contributed by atoms with Crippen LogP contribution in [-0.2, 0) is 11.2 Å². The van der Waals surface area contributed by atoms with Crippen molar-refractivity contribution < 1.29 is 19.4 Å². The van der Waals surface area contributed by atoms with E-state index in [2.05, 4.69) is 0 Å². The number of rotatable bonds is 4. The van der Waals surface area contributed by atoms with Gasteiger partial charge in [-0.1, -0.05) is 0 Å². The van der Waals surface area contributed by atoms with Gasteiger partial charge in [0.15, 0.2) is 0 Å². The van der Waals surface area contributed by atoms with E-state index in [9.17, 15) is 19.4 Å². The summed E-state index contributed by atoms with van der Waals surface area (Å²) in [6, 6.07) is 3.67. The second kappa shape index (κ2) is 5.77. The van der Waals surface area contributed by atoms with Gasteiger partial charge < -0.3 is 20.0 Å². The van der Waals surface area contributed by atoms with Gasteiger partial charge in [0, 0.05) is 50.0 Å². The molecule has 5 nitrogen and oxygen atoms in total. The fraction of sp³-hybridized carbons (Fsp3) is 0.500. The van der Waals surface area contributed by atoms with Crippen molar-refractivity contribution in [3.05, 3.63) is 35.3 Å². The third kappa shape index (κ3) is 2.65. The first kappa shape index (κ1) is 15.4. The van der Waals surface area contributed by atoms with Gasteiger partial charge in [0.25, 0.3) is 0 Å². The number of fused-ring (bicyclic) bond motifs is 1. The Balaban J connectivity index is 1.70. The normalized spacial score (nSPS) is 23.2. The van der Waals surface area contributed by atoms with Gasteiger partial charge in [-0.2, -0.15) is 0 Å². The molecule has 6 heteroatoms. The van der Waals surface area contributed by atoms with Gasteiger partial charge >= 0.3 is 5.97 Å². The van der Waals surface area contributed by atoms with Crippen molar-refractivity contribution in [2.24, 2.45) is 5.92 Å². The summed E-state index contributed by atoms with van der Waals surface area (Å²) in [5, 5.41) is 18.6. The van der Waals surface area contributed by atoms with E-state index < -0.39 is 5.97 Å². The molecule has 2 aliphatic heterocycles. The van der Waals surface area contributed by atoms with Crippen LogP contribution in [0.15, 0.2) is 23.9 Å². The average molecular weight is 332 g/mol. The SMILES string of the molecule is O=C(O)C1=CN(C2CC2)c2cc(N3CCC(CO)C3)c(F)cc2C1. The maximum absolute atomic E-state index is 14.6. The fourth-order valence-electron chi connectivity index (χ4n) is 3.69. The zero-order chi connectivity index (χ0) is 16.8. The van der Waals surface area contributed by atoms with Gasteiger partial charge in [0.1, 0.15) is 5.82 Å². The molecule has 0 spiro atoms. The lowest BCUT2D eigenvalue weighted by Crippen LogP contribution is -2.28. The Morgan fingerprint density at radius 2 is 2.04 bits per heavy atom. The van der Waals surface area contributed by atoms with Crippen molar-refractivity contribution in [3.8, 4) is 0 Å². The molecule has 1 saturated heterocycles. The van der Waals surface area contributed by atoms with Gasteiger partial charge in [-0.15, -0.1) is 0 Å². The summed E-state index contributed by atoms with van der Waals surface area (Å²) < 4.78 is 14.6. The predicted octanol–water partition coefficient (Wildman–Crippen LogP) is 2.14. The van der Waals surface area contributed by atoms with E-state index in [4.69, 9.17) is 0 Å². The van der Waals surface area contributed by atoms with Crippen LogP contribution in [0.2, 0.25) is 0 Å². The van der Waals surface area contributed by atoms with Crippen molar-refractivity contribution in [1.29, 1.82) is 0 Å². The minimum atomic E-state index is -0.943. The molecule has 3 aliphatic rings. The number of anilines is 2. The number of aliphatic carboxylic acids is 1. The molecule has 1 aromatic rings. The Labute approximate surface area is 140 Å². The van der Waals surface area contributed by atoms with Crippen LogP contribution in [-0.4, -0.2) is 41.9 Å². The molecule has 0 aromatic heterocycles. The third-order valence-corrected chi connectivity index (χ3v) is 5.20. The first-order valence-electron chi connectivity index (χ1n) is 8.47. The lowest BCUT2D eigenvalue weighted by atomic mass is 9.98. The summed E-state index contributed by atoms with van der Waals surface area (Å²) in [5.41, 5.74) is 2.53. The van der Waals surface area contributed by atoms with E-state index in [0.717, 1.165) is 37.1 Å². The number of hydrogen-bond acceptors (Lipinski definition) is 4. The predicted molar refractivity (Wildman–Crippen MR) is 88.7 cm³/mol. The summed E-state index contributed by atoms with van der Waals surface area (Å²) >= 11 is 0. The van der Waals surface area contributed by atoms with Crippen LogP contribution in [0, 0.1) is 11.7 Å². The van der Waals surface area contributed by atoms with Crippen LogP contribution in [0.4, 0.5) is 15.8 Å². The van der Waals surface area contributed by atoms with Crippen LogP contribution >= 0.6 is 0 Å². The zero-order valence-electron chi connectivity index (χ0n) is 13.4. The van der Waals surface area contributed by atoms with Gasteiger partial charge in [-0.05, 0) is 37.0 Å². The first-order valence-corrected chi connectivity index (χ1v) is 8.47. The highest BCUT2D eigenvalue weighted by atomic mass is 19.1. The van der Waals surface area contributed by atoms with Crippen LogP contribution in [0.3, 0.4) is 0 Å². The summed E-state index contributed by atoms with van der Waals surface area (Å²) in [6.07, 6.45) is 4.90. The Bertz CT molecular complexity index is 714. The molecule has 2 N–H and O–H groups in total. The second-order valence-electron chi connectivity index (χ2n) is 6.99. The lowest BCUT2D eigenvalue weighted by Gasteiger charge is -2.30. The molecular weight excluding hydrogens is 311 g/mol. The maximum atomic E-state index is 14.6. The van der Waals surface area contributed by atoms with E-state index in [1.165, 1.54) is 6.07 Å². The number of hydrogen-bond donors (Lipinski definition) is 2. The minimum Gasteiger partial charge on any atom is -0.478 e. The number of nitrogens with zero attached hydrogens (tertiary/aromatic N) is 2. The molecular formula is C18H21FN2O3. The van der Waals surface area contributed by atoms with Gasteiger partial charge in [-0.3, -0.25) is 0 Å². The van der Waals surface area contributed by atoms with Crippen molar-refractivity contribution in [2.45, 2.75) is 31.7 Å². The second-order valence-corrected chi connectivity index (χ2v) is 6.99. The number of carboxylic acids is 1. The van der Waals surface area contributed by atoms with Crippen molar-refractivity contribution in [2.75, 3.05) is 29.5 Å². The van der Waals surface area contributed by atoms with E-state index in [-0.39, 0.29) is 24.8 Å². The highest BCUT2D eigenvalue weighted by Gasteiger charge is 2.34. The number of aliphatic hydroxyl groups is 1. The highest BCUT2D eigenvalue weighted by Crippen LogP contribution is 2.41. The average Bonchev–Trinajstić information content (AvgIpc) is 3.30. The van der Waals surface area contributed by atoms with Crippen molar-refractivity contribution >= 4 is 17.3 Å². The number of carboxylic acid groups (broad SMARTS) is 1. The molecule has 0 bridgehead atoms. The summed E-state index contributed by atoms with van der Waals surface area (Å²) in [7, 11) is 0. The van der Waals surface area contributed by atoms with E-state index >= 15 is 0 Å².